The van der Waals surface area contributed by atoms with Gasteiger partial charge in [0.15, 0.2) is 0 Å². The lowest BCUT2D eigenvalue weighted by molar-refractivity contribution is 0.0193. The van der Waals surface area contributed by atoms with Crippen LogP contribution in [0.2, 0.25) is 0 Å². The van der Waals surface area contributed by atoms with E-state index in [1.165, 1.54) is 0 Å². The number of aromatic nitrogens is 2. The standard InChI is InChI=1S/C16H27N3O2/c1-12(2)8-17-9-13-10-19-16(11-18-13)21-15-6-4-5-14(7-15)20-3/h10-12,14-15,17H,4-9H2,1-3H3. The second kappa shape index (κ2) is 8.29. The van der Waals surface area contributed by atoms with Crippen LogP contribution >= 0.6 is 0 Å². The van der Waals surface area contributed by atoms with Crippen molar-refractivity contribution in [3.05, 3.63) is 18.1 Å². The molecule has 1 aromatic rings. The zero-order valence-electron chi connectivity index (χ0n) is 13.3. The highest BCUT2D eigenvalue weighted by molar-refractivity contribution is 5.07. The van der Waals surface area contributed by atoms with Gasteiger partial charge < -0.3 is 14.8 Å². The number of nitrogens with one attached hydrogen (secondary N) is 1. The van der Waals surface area contributed by atoms with Crippen molar-refractivity contribution in [3.8, 4) is 5.88 Å². The van der Waals surface area contributed by atoms with E-state index in [1.807, 2.05) is 0 Å². The molecule has 1 aliphatic carbocycles. The van der Waals surface area contributed by atoms with Crippen LogP contribution in [0.3, 0.4) is 0 Å². The predicted molar refractivity (Wildman–Crippen MR) is 82.3 cm³/mol. The molecule has 0 spiro atoms. The Bertz CT molecular complexity index is 408. The van der Waals surface area contributed by atoms with Gasteiger partial charge in [-0.2, -0.15) is 0 Å². The molecule has 118 valence electrons. The number of ether oxygens (including phenoxy) is 2. The number of hydrogen-bond acceptors (Lipinski definition) is 5. The monoisotopic (exact) mass is 293 g/mol. The van der Waals surface area contributed by atoms with Gasteiger partial charge in [0.2, 0.25) is 5.88 Å². The third-order valence-electron chi connectivity index (χ3n) is 3.74. The van der Waals surface area contributed by atoms with Crippen LogP contribution in [0.4, 0.5) is 0 Å². The summed E-state index contributed by atoms with van der Waals surface area (Å²) >= 11 is 0. The van der Waals surface area contributed by atoms with Crippen molar-refractivity contribution in [3.63, 3.8) is 0 Å². The highest BCUT2D eigenvalue weighted by Gasteiger charge is 2.23. The summed E-state index contributed by atoms with van der Waals surface area (Å²) in [5.41, 5.74) is 0.946. The lowest BCUT2D eigenvalue weighted by Gasteiger charge is -2.28. The van der Waals surface area contributed by atoms with E-state index >= 15 is 0 Å². The average molecular weight is 293 g/mol. The lowest BCUT2D eigenvalue weighted by Crippen LogP contribution is -2.29. The van der Waals surface area contributed by atoms with Gasteiger partial charge in [-0.05, 0) is 31.7 Å². The Morgan fingerprint density at radius 1 is 1.24 bits per heavy atom. The Morgan fingerprint density at radius 2 is 2.05 bits per heavy atom. The minimum Gasteiger partial charge on any atom is -0.473 e. The zero-order valence-corrected chi connectivity index (χ0v) is 13.3. The van der Waals surface area contributed by atoms with Crippen LogP contribution in [-0.4, -0.2) is 35.8 Å². The summed E-state index contributed by atoms with van der Waals surface area (Å²) in [6.07, 6.45) is 8.31. The van der Waals surface area contributed by atoms with Gasteiger partial charge in [0.1, 0.15) is 6.10 Å². The summed E-state index contributed by atoms with van der Waals surface area (Å²) in [7, 11) is 1.77. The molecule has 0 aliphatic heterocycles. The van der Waals surface area contributed by atoms with Gasteiger partial charge in [-0.15, -0.1) is 0 Å². The van der Waals surface area contributed by atoms with Crippen molar-refractivity contribution in [1.29, 1.82) is 0 Å². The van der Waals surface area contributed by atoms with E-state index in [4.69, 9.17) is 9.47 Å². The van der Waals surface area contributed by atoms with Crippen LogP contribution in [0.5, 0.6) is 5.88 Å². The van der Waals surface area contributed by atoms with Gasteiger partial charge in [-0.1, -0.05) is 13.8 Å². The maximum Gasteiger partial charge on any atom is 0.232 e. The Kier molecular flexibility index (Phi) is 6.39. The SMILES string of the molecule is COC1CCCC(Oc2cnc(CNCC(C)C)cn2)C1. The molecule has 1 aliphatic rings. The Morgan fingerprint density at radius 3 is 2.71 bits per heavy atom. The molecule has 0 bridgehead atoms. The third kappa shape index (κ3) is 5.59. The molecule has 0 radical (unpaired) electrons. The quantitative estimate of drug-likeness (QED) is 0.837. The minimum absolute atomic E-state index is 0.197. The van der Waals surface area contributed by atoms with E-state index in [-0.39, 0.29) is 6.10 Å². The zero-order chi connectivity index (χ0) is 15.1. The minimum atomic E-state index is 0.197. The first-order chi connectivity index (χ1) is 10.2. The molecule has 2 unspecified atom stereocenters. The molecule has 5 nitrogen and oxygen atoms in total. The van der Waals surface area contributed by atoms with Crippen molar-refractivity contribution in [1.82, 2.24) is 15.3 Å². The second-order valence-corrected chi connectivity index (χ2v) is 6.13. The molecular formula is C16H27N3O2. The summed E-state index contributed by atoms with van der Waals surface area (Å²) < 4.78 is 11.3. The molecule has 1 saturated carbocycles. The van der Waals surface area contributed by atoms with E-state index < -0.39 is 0 Å². The van der Waals surface area contributed by atoms with Crippen molar-refractivity contribution in [2.75, 3.05) is 13.7 Å². The van der Waals surface area contributed by atoms with E-state index in [0.717, 1.165) is 44.5 Å². The fourth-order valence-electron chi connectivity index (χ4n) is 2.58. The van der Waals surface area contributed by atoms with Crippen LogP contribution in [-0.2, 0) is 11.3 Å². The van der Waals surface area contributed by atoms with Gasteiger partial charge in [-0.25, -0.2) is 4.98 Å². The summed E-state index contributed by atoms with van der Waals surface area (Å²) in [6, 6.07) is 0. The maximum absolute atomic E-state index is 5.91. The normalized spacial score (nSPS) is 22.5. The van der Waals surface area contributed by atoms with E-state index in [1.54, 1.807) is 19.5 Å². The van der Waals surface area contributed by atoms with Gasteiger partial charge in [0.25, 0.3) is 0 Å². The van der Waals surface area contributed by atoms with E-state index in [0.29, 0.717) is 17.9 Å². The number of hydrogen-bond donors (Lipinski definition) is 1. The van der Waals surface area contributed by atoms with Crippen LogP contribution in [0.1, 0.15) is 45.2 Å². The number of nitrogens with zero attached hydrogens (tertiary/aromatic N) is 2. The first kappa shape index (κ1) is 16.2. The molecule has 0 aromatic carbocycles. The van der Waals surface area contributed by atoms with Crippen LogP contribution in [0, 0.1) is 5.92 Å². The first-order valence-corrected chi connectivity index (χ1v) is 7.88. The molecule has 5 heteroatoms. The molecule has 0 saturated heterocycles. The molecule has 2 rings (SSSR count). The fraction of sp³-hybridized carbons (Fsp3) is 0.750. The smallest absolute Gasteiger partial charge is 0.232 e. The average Bonchev–Trinajstić information content (AvgIpc) is 2.49. The maximum atomic E-state index is 5.91. The van der Waals surface area contributed by atoms with Crippen molar-refractivity contribution >= 4 is 0 Å². The van der Waals surface area contributed by atoms with Gasteiger partial charge in [0, 0.05) is 20.1 Å². The number of methoxy groups -OCH3 is 1. The van der Waals surface area contributed by atoms with Crippen molar-refractivity contribution in [2.45, 2.75) is 58.3 Å². The van der Waals surface area contributed by atoms with Crippen molar-refractivity contribution in [2.24, 2.45) is 5.92 Å². The summed E-state index contributed by atoms with van der Waals surface area (Å²) in [6.45, 7) is 6.11. The van der Waals surface area contributed by atoms with Gasteiger partial charge in [-0.3, -0.25) is 4.98 Å². The first-order valence-electron chi connectivity index (χ1n) is 7.88. The molecular weight excluding hydrogens is 266 g/mol. The lowest BCUT2D eigenvalue weighted by atomic mass is 9.95. The van der Waals surface area contributed by atoms with Crippen molar-refractivity contribution < 1.29 is 9.47 Å². The van der Waals surface area contributed by atoms with E-state index in [9.17, 15) is 0 Å². The van der Waals surface area contributed by atoms with E-state index in [2.05, 4.69) is 29.1 Å². The van der Waals surface area contributed by atoms with Gasteiger partial charge in [0.05, 0.1) is 24.2 Å². The third-order valence-corrected chi connectivity index (χ3v) is 3.74. The van der Waals surface area contributed by atoms with Crippen LogP contribution in [0.15, 0.2) is 12.4 Å². The highest BCUT2D eigenvalue weighted by atomic mass is 16.5. The molecule has 1 N–H and O–H groups in total. The fourth-order valence-corrected chi connectivity index (χ4v) is 2.58. The summed E-state index contributed by atoms with van der Waals surface area (Å²) in [5.74, 6) is 1.25. The molecule has 2 atom stereocenters. The second-order valence-electron chi connectivity index (χ2n) is 6.13. The van der Waals surface area contributed by atoms with Crippen LogP contribution in [0.25, 0.3) is 0 Å². The van der Waals surface area contributed by atoms with Gasteiger partial charge >= 0.3 is 0 Å². The summed E-state index contributed by atoms with van der Waals surface area (Å²) in [4.78, 5) is 8.75. The molecule has 21 heavy (non-hydrogen) atoms. The predicted octanol–water partition coefficient (Wildman–Crippen LogP) is 2.56. The molecule has 1 heterocycles. The number of rotatable bonds is 7. The Balaban J connectivity index is 1.79. The topological polar surface area (TPSA) is 56.3 Å². The Labute approximate surface area is 127 Å². The molecule has 1 fully saturated rings. The molecule has 1 aromatic heterocycles. The largest absolute Gasteiger partial charge is 0.473 e. The van der Waals surface area contributed by atoms with Crippen LogP contribution < -0.4 is 10.1 Å². The Hall–Kier alpha value is -1.20. The highest BCUT2D eigenvalue weighted by Crippen LogP contribution is 2.24. The molecule has 0 amide bonds. The summed E-state index contributed by atoms with van der Waals surface area (Å²) in [5, 5.41) is 3.36.